The van der Waals surface area contributed by atoms with E-state index in [0.29, 0.717) is 6.20 Å². The monoisotopic (exact) mass is 263 g/mol. The van der Waals surface area contributed by atoms with Crippen molar-refractivity contribution in [1.82, 2.24) is 4.98 Å². The van der Waals surface area contributed by atoms with E-state index < -0.39 is 40.3 Å². The first kappa shape index (κ1) is 13.5. The summed E-state index contributed by atoms with van der Waals surface area (Å²) in [5, 5.41) is 18.8. The predicted molar refractivity (Wildman–Crippen MR) is 49.7 cm³/mol. The zero-order valence-corrected chi connectivity index (χ0v) is 8.45. The maximum absolute atomic E-state index is 12.0. The van der Waals surface area contributed by atoms with Crippen molar-refractivity contribution in [3.05, 3.63) is 32.1 Å². The van der Waals surface area contributed by atoms with Crippen molar-refractivity contribution in [1.29, 1.82) is 5.26 Å². The number of nitrogens with zero attached hydrogens (tertiary/aromatic N) is 2. The van der Waals surface area contributed by atoms with Gasteiger partial charge in [0, 0.05) is 0 Å². The molecule has 0 radical (unpaired) electrons. The summed E-state index contributed by atoms with van der Waals surface area (Å²) in [5.74, 6) is -1.03. The van der Waals surface area contributed by atoms with Crippen LogP contribution in [0.2, 0.25) is 0 Å². The number of aromatic amines is 1. The topological polar surface area (TPSA) is 109 Å². The molecule has 10 heteroatoms. The minimum Gasteiger partial charge on any atom is -0.389 e. The van der Waals surface area contributed by atoms with Gasteiger partial charge in [0.1, 0.15) is 0 Å². The van der Waals surface area contributed by atoms with Crippen molar-refractivity contribution < 1.29 is 22.8 Å². The SMILES string of the molecule is N#CCc1c(OC(F)(F)F)[nH]cc([N+](=O)[O-])c1=O. The molecule has 1 N–H and O–H groups in total. The zero-order valence-electron chi connectivity index (χ0n) is 8.45. The molecule has 0 bridgehead atoms. The second kappa shape index (κ2) is 4.74. The highest BCUT2D eigenvalue weighted by Gasteiger charge is 2.34. The number of nitro groups is 1. The summed E-state index contributed by atoms with van der Waals surface area (Å²) in [7, 11) is 0. The van der Waals surface area contributed by atoms with Gasteiger partial charge in [-0.05, 0) is 0 Å². The minimum absolute atomic E-state index is 0.476. The normalized spacial score (nSPS) is 10.8. The number of aromatic nitrogens is 1. The van der Waals surface area contributed by atoms with Gasteiger partial charge in [-0.2, -0.15) is 5.26 Å². The van der Waals surface area contributed by atoms with Crippen LogP contribution < -0.4 is 10.2 Å². The van der Waals surface area contributed by atoms with E-state index in [4.69, 9.17) is 5.26 Å². The van der Waals surface area contributed by atoms with Crippen molar-refractivity contribution in [2.75, 3.05) is 0 Å². The third-order valence-electron chi connectivity index (χ3n) is 1.79. The maximum Gasteiger partial charge on any atom is 0.574 e. The van der Waals surface area contributed by atoms with Crippen LogP contribution in [0.3, 0.4) is 0 Å². The summed E-state index contributed by atoms with van der Waals surface area (Å²) in [5.41, 5.74) is -3.00. The van der Waals surface area contributed by atoms with E-state index in [2.05, 4.69) is 4.74 Å². The van der Waals surface area contributed by atoms with Crippen molar-refractivity contribution in [2.45, 2.75) is 12.8 Å². The Bertz CT molecular complexity index is 572. The largest absolute Gasteiger partial charge is 0.574 e. The fraction of sp³-hybridized carbons (Fsp3) is 0.250. The van der Waals surface area contributed by atoms with Crippen LogP contribution in [0.1, 0.15) is 5.56 Å². The fourth-order valence-corrected chi connectivity index (χ4v) is 1.13. The van der Waals surface area contributed by atoms with Crippen LogP contribution in [0.15, 0.2) is 11.0 Å². The van der Waals surface area contributed by atoms with Gasteiger partial charge in [0.2, 0.25) is 5.88 Å². The van der Waals surface area contributed by atoms with Gasteiger partial charge in [0.15, 0.2) is 0 Å². The number of pyridine rings is 1. The lowest BCUT2D eigenvalue weighted by atomic mass is 10.2. The number of nitriles is 1. The Morgan fingerprint density at radius 2 is 2.17 bits per heavy atom. The van der Waals surface area contributed by atoms with Gasteiger partial charge in [0.25, 0.3) is 5.43 Å². The number of rotatable bonds is 3. The van der Waals surface area contributed by atoms with Crippen LogP contribution in [0.5, 0.6) is 5.88 Å². The van der Waals surface area contributed by atoms with Crippen LogP contribution >= 0.6 is 0 Å². The molecular formula is C8H4F3N3O4. The molecule has 0 fully saturated rings. The summed E-state index contributed by atoms with van der Waals surface area (Å²) in [4.78, 5) is 22.6. The number of nitrogens with one attached hydrogen (secondary N) is 1. The second-order valence-corrected chi connectivity index (χ2v) is 2.95. The number of alkyl halides is 3. The van der Waals surface area contributed by atoms with Crippen LogP contribution in [0, 0.1) is 21.4 Å². The van der Waals surface area contributed by atoms with Gasteiger partial charge in [-0.1, -0.05) is 0 Å². The molecule has 0 aliphatic heterocycles. The number of H-pyrrole nitrogens is 1. The highest BCUT2D eigenvalue weighted by molar-refractivity contribution is 5.39. The molecule has 18 heavy (non-hydrogen) atoms. The molecule has 0 atom stereocenters. The molecule has 0 amide bonds. The summed E-state index contributed by atoms with van der Waals surface area (Å²) < 4.78 is 39.4. The van der Waals surface area contributed by atoms with E-state index >= 15 is 0 Å². The molecule has 1 aromatic rings. The lowest BCUT2D eigenvalue weighted by Crippen LogP contribution is -2.23. The molecular weight excluding hydrogens is 259 g/mol. The summed E-state index contributed by atoms with van der Waals surface area (Å²) in [6.45, 7) is 0. The van der Waals surface area contributed by atoms with Gasteiger partial charge in [-0.15, -0.1) is 13.2 Å². The molecule has 0 aromatic carbocycles. The summed E-state index contributed by atoms with van der Waals surface area (Å²) >= 11 is 0. The Kier molecular flexibility index (Phi) is 3.55. The first-order valence-electron chi connectivity index (χ1n) is 4.28. The van der Waals surface area contributed by atoms with Gasteiger partial charge in [-0.25, -0.2) is 0 Å². The fourth-order valence-electron chi connectivity index (χ4n) is 1.13. The molecule has 96 valence electrons. The number of ether oxygens (including phenoxy) is 1. The van der Waals surface area contributed by atoms with Crippen molar-refractivity contribution in [2.24, 2.45) is 0 Å². The Morgan fingerprint density at radius 1 is 1.56 bits per heavy atom. The standard InChI is InChI=1S/C8H4F3N3O4/c9-8(10,11)18-7-4(1-2-12)6(15)5(3-13-7)14(16)17/h3H,1H2,(H,13,15). The van der Waals surface area contributed by atoms with Gasteiger partial charge < -0.3 is 9.72 Å². The smallest absolute Gasteiger partial charge is 0.389 e. The lowest BCUT2D eigenvalue weighted by Gasteiger charge is -2.10. The molecule has 7 nitrogen and oxygen atoms in total. The third-order valence-corrected chi connectivity index (χ3v) is 1.79. The van der Waals surface area contributed by atoms with Crippen LogP contribution in [-0.4, -0.2) is 16.3 Å². The lowest BCUT2D eigenvalue weighted by molar-refractivity contribution is -0.386. The van der Waals surface area contributed by atoms with Crippen molar-refractivity contribution >= 4 is 5.69 Å². The van der Waals surface area contributed by atoms with Crippen LogP contribution in [-0.2, 0) is 6.42 Å². The molecule has 0 aliphatic rings. The molecule has 0 aliphatic carbocycles. The van der Waals surface area contributed by atoms with E-state index in [9.17, 15) is 28.1 Å². The van der Waals surface area contributed by atoms with Crippen LogP contribution in [0.25, 0.3) is 0 Å². The Balaban J connectivity index is 3.38. The number of hydrogen-bond acceptors (Lipinski definition) is 5. The molecule has 1 rings (SSSR count). The maximum atomic E-state index is 12.0. The van der Waals surface area contributed by atoms with E-state index in [0.717, 1.165) is 0 Å². The summed E-state index contributed by atoms with van der Waals surface area (Å²) in [6, 6.07) is 1.43. The molecule has 0 unspecified atom stereocenters. The molecule has 0 saturated heterocycles. The van der Waals surface area contributed by atoms with E-state index in [1.807, 2.05) is 4.98 Å². The highest BCUT2D eigenvalue weighted by atomic mass is 19.4. The zero-order chi connectivity index (χ0) is 13.9. The van der Waals surface area contributed by atoms with E-state index in [1.165, 1.54) is 6.07 Å². The van der Waals surface area contributed by atoms with Gasteiger partial charge >= 0.3 is 12.0 Å². The van der Waals surface area contributed by atoms with Crippen molar-refractivity contribution in [3.63, 3.8) is 0 Å². The second-order valence-electron chi connectivity index (χ2n) is 2.95. The molecule has 1 aromatic heterocycles. The highest BCUT2D eigenvalue weighted by Crippen LogP contribution is 2.24. The first-order valence-corrected chi connectivity index (χ1v) is 4.28. The Morgan fingerprint density at radius 3 is 2.61 bits per heavy atom. The molecule has 1 heterocycles. The Labute approximate surface area is 96.6 Å². The average Bonchev–Trinajstić information content (AvgIpc) is 2.21. The number of halogens is 3. The van der Waals surface area contributed by atoms with Crippen molar-refractivity contribution in [3.8, 4) is 11.9 Å². The van der Waals surface area contributed by atoms with Crippen LogP contribution in [0.4, 0.5) is 18.9 Å². The third kappa shape index (κ3) is 2.97. The quantitative estimate of drug-likeness (QED) is 0.651. The molecule has 0 spiro atoms. The van der Waals surface area contributed by atoms with Gasteiger partial charge in [-0.3, -0.25) is 14.9 Å². The predicted octanol–water partition coefficient (Wildman–Crippen LogP) is 1.25. The van der Waals surface area contributed by atoms with Gasteiger partial charge in [0.05, 0.1) is 29.2 Å². The number of hydrogen-bond donors (Lipinski definition) is 1. The molecule has 0 saturated carbocycles. The summed E-state index contributed by atoms with van der Waals surface area (Å²) in [6.07, 6.45) is -5.35. The average molecular weight is 263 g/mol. The Hall–Kier alpha value is -2.57. The minimum atomic E-state index is -5.08. The van der Waals surface area contributed by atoms with E-state index in [1.54, 1.807) is 0 Å². The first-order chi connectivity index (χ1) is 8.26. The van der Waals surface area contributed by atoms with E-state index in [-0.39, 0.29) is 0 Å².